The van der Waals surface area contributed by atoms with Crippen molar-refractivity contribution in [3.63, 3.8) is 0 Å². The summed E-state index contributed by atoms with van der Waals surface area (Å²) in [6.07, 6.45) is 1.98. The molecule has 6 heteroatoms. The van der Waals surface area contributed by atoms with Crippen LogP contribution in [0.15, 0.2) is 47.4 Å². The van der Waals surface area contributed by atoms with Gasteiger partial charge in [-0.3, -0.25) is 4.79 Å². The molecule has 0 unspecified atom stereocenters. The van der Waals surface area contributed by atoms with Crippen molar-refractivity contribution in [2.24, 2.45) is 5.73 Å². The third kappa shape index (κ3) is 4.75. The van der Waals surface area contributed by atoms with Crippen LogP contribution in [0.3, 0.4) is 0 Å². The lowest BCUT2D eigenvalue weighted by atomic mass is 10.1. The smallest absolute Gasteiger partial charge is 0.316 e. The molecule has 2 aromatic carbocycles. The lowest BCUT2D eigenvalue weighted by molar-refractivity contribution is 0.0950. The second kappa shape index (κ2) is 7.69. The fourth-order valence-electron chi connectivity index (χ4n) is 2.10. The van der Waals surface area contributed by atoms with E-state index in [1.54, 1.807) is 23.9 Å². The largest absolute Gasteiger partial charge is 0.351 e. The molecule has 0 spiro atoms. The van der Waals surface area contributed by atoms with E-state index in [9.17, 15) is 9.59 Å². The molecule has 0 saturated carbocycles. The van der Waals surface area contributed by atoms with Crippen molar-refractivity contribution in [2.45, 2.75) is 18.4 Å². The maximum atomic E-state index is 12.3. The molecule has 3 amide bonds. The first-order valence-corrected chi connectivity index (χ1v) is 8.30. The highest BCUT2D eigenvalue weighted by molar-refractivity contribution is 7.98. The van der Waals surface area contributed by atoms with E-state index in [0.29, 0.717) is 17.8 Å². The molecule has 5 nitrogen and oxygen atoms in total. The average Bonchev–Trinajstić information content (AvgIpc) is 2.54. The molecule has 0 aliphatic heterocycles. The van der Waals surface area contributed by atoms with Gasteiger partial charge in [0.2, 0.25) is 0 Å². The maximum Gasteiger partial charge on any atom is 0.316 e. The van der Waals surface area contributed by atoms with Crippen LogP contribution in [-0.4, -0.2) is 18.2 Å². The summed E-state index contributed by atoms with van der Waals surface area (Å²) in [6, 6.07) is 12.4. The Morgan fingerprint density at radius 2 is 1.83 bits per heavy atom. The number of hydrogen-bond donors (Lipinski definition) is 3. The lowest BCUT2D eigenvalue weighted by Gasteiger charge is -2.10. The molecule has 0 aliphatic rings. The minimum Gasteiger partial charge on any atom is -0.351 e. The van der Waals surface area contributed by atoms with Crippen LogP contribution in [0.1, 0.15) is 21.5 Å². The van der Waals surface area contributed by atoms with Gasteiger partial charge in [-0.25, -0.2) is 4.79 Å². The number of aryl methyl sites for hydroxylation is 1. The maximum absolute atomic E-state index is 12.3. The zero-order valence-corrected chi connectivity index (χ0v) is 13.9. The van der Waals surface area contributed by atoms with E-state index in [-0.39, 0.29) is 5.91 Å². The monoisotopic (exact) mass is 329 g/mol. The highest BCUT2D eigenvalue weighted by Crippen LogP contribution is 2.19. The number of primary amides is 1. The standard InChI is InChI=1S/C17H19N3O2S/c1-11-3-8-14(23-2)9-15(11)16(21)19-10-12-4-6-13(7-5-12)20-17(18)22/h3-9H,10H2,1-2H3,(H,19,21)(H3,18,20,22). The number of nitrogens with one attached hydrogen (secondary N) is 2. The number of hydrogen-bond acceptors (Lipinski definition) is 3. The van der Waals surface area contributed by atoms with E-state index in [1.807, 2.05) is 43.5 Å². The summed E-state index contributed by atoms with van der Waals surface area (Å²) in [6.45, 7) is 2.34. The second-order valence-corrected chi connectivity index (χ2v) is 5.93. The molecule has 2 rings (SSSR count). The van der Waals surface area contributed by atoms with Crippen LogP contribution in [0.4, 0.5) is 10.5 Å². The second-order valence-electron chi connectivity index (χ2n) is 5.05. The van der Waals surface area contributed by atoms with Crippen LogP contribution in [0.5, 0.6) is 0 Å². The summed E-state index contributed by atoms with van der Waals surface area (Å²) in [5.41, 5.74) is 8.24. The zero-order valence-electron chi connectivity index (χ0n) is 13.1. The highest BCUT2D eigenvalue weighted by atomic mass is 32.2. The van der Waals surface area contributed by atoms with E-state index in [0.717, 1.165) is 16.0 Å². The fraction of sp³-hybridized carbons (Fsp3) is 0.176. The molecule has 0 fully saturated rings. The van der Waals surface area contributed by atoms with Gasteiger partial charge in [0.25, 0.3) is 5.91 Å². The van der Waals surface area contributed by atoms with E-state index in [1.165, 1.54) is 0 Å². The number of urea groups is 1. The van der Waals surface area contributed by atoms with E-state index in [2.05, 4.69) is 10.6 Å². The molecule has 0 saturated heterocycles. The Morgan fingerprint density at radius 3 is 2.43 bits per heavy atom. The molecule has 0 atom stereocenters. The molecule has 0 aromatic heterocycles. The van der Waals surface area contributed by atoms with Crippen LogP contribution < -0.4 is 16.4 Å². The predicted octanol–water partition coefficient (Wildman–Crippen LogP) is 3.14. The Morgan fingerprint density at radius 1 is 1.13 bits per heavy atom. The number of anilines is 1. The number of rotatable bonds is 5. The number of amides is 3. The van der Waals surface area contributed by atoms with Crippen LogP contribution in [0.25, 0.3) is 0 Å². The highest BCUT2D eigenvalue weighted by Gasteiger charge is 2.09. The molecule has 2 aromatic rings. The summed E-state index contributed by atoms with van der Waals surface area (Å²) in [5.74, 6) is -0.0993. The van der Waals surface area contributed by atoms with Gasteiger partial charge in [-0.05, 0) is 48.6 Å². The molecular weight excluding hydrogens is 310 g/mol. The molecule has 4 N–H and O–H groups in total. The minimum absolute atomic E-state index is 0.0993. The van der Waals surface area contributed by atoms with Crippen molar-refractivity contribution in [2.75, 3.05) is 11.6 Å². The number of thioether (sulfide) groups is 1. The van der Waals surface area contributed by atoms with Crippen molar-refractivity contribution in [1.82, 2.24) is 5.32 Å². The van der Waals surface area contributed by atoms with Crippen LogP contribution in [0, 0.1) is 6.92 Å². The summed E-state index contributed by atoms with van der Waals surface area (Å²) in [5, 5.41) is 5.40. The van der Waals surface area contributed by atoms with E-state index in [4.69, 9.17) is 5.73 Å². The normalized spacial score (nSPS) is 10.2. The Balaban J connectivity index is 2.00. The van der Waals surface area contributed by atoms with Gasteiger partial charge in [0.1, 0.15) is 0 Å². The topological polar surface area (TPSA) is 84.2 Å². The first-order valence-electron chi connectivity index (χ1n) is 7.08. The van der Waals surface area contributed by atoms with E-state index >= 15 is 0 Å². The Hall–Kier alpha value is -2.47. The van der Waals surface area contributed by atoms with Gasteiger partial charge in [0, 0.05) is 22.7 Å². The SMILES string of the molecule is CSc1ccc(C)c(C(=O)NCc2ccc(NC(N)=O)cc2)c1. The van der Waals surface area contributed by atoms with Crippen LogP contribution in [-0.2, 0) is 6.54 Å². The summed E-state index contributed by atoms with van der Waals surface area (Å²) in [4.78, 5) is 24.1. The predicted molar refractivity (Wildman–Crippen MR) is 93.8 cm³/mol. The number of benzene rings is 2. The quantitative estimate of drug-likeness (QED) is 0.737. The average molecular weight is 329 g/mol. The Kier molecular flexibility index (Phi) is 5.65. The van der Waals surface area contributed by atoms with Crippen molar-refractivity contribution in [3.8, 4) is 0 Å². The van der Waals surface area contributed by atoms with Crippen molar-refractivity contribution < 1.29 is 9.59 Å². The van der Waals surface area contributed by atoms with Gasteiger partial charge in [0.05, 0.1) is 0 Å². The van der Waals surface area contributed by atoms with Crippen LogP contribution in [0.2, 0.25) is 0 Å². The molecule has 23 heavy (non-hydrogen) atoms. The summed E-state index contributed by atoms with van der Waals surface area (Å²) >= 11 is 1.61. The first-order chi connectivity index (χ1) is 11.0. The molecule has 120 valence electrons. The van der Waals surface area contributed by atoms with Gasteiger partial charge in [-0.2, -0.15) is 0 Å². The fourth-order valence-corrected chi connectivity index (χ4v) is 2.54. The van der Waals surface area contributed by atoms with Gasteiger partial charge in [-0.15, -0.1) is 11.8 Å². The Labute approximate surface area is 139 Å². The molecule has 0 bridgehead atoms. The third-order valence-corrected chi connectivity index (χ3v) is 4.09. The minimum atomic E-state index is -0.602. The third-order valence-electron chi connectivity index (χ3n) is 3.36. The van der Waals surface area contributed by atoms with Crippen LogP contribution >= 0.6 is 11.8 Å². The van der Waals surface area contributed by atoms with Gasteiger partial charge in [-0.1, -0.05) is 18.2 Å². The molecule has 0 radical (unpaired) electrons. The van der Waals surface area contributed by atoms with Crippen molar-refractivity contribution in [1.29, 1.82) is 0 Å². The van der Waals surface area contributed by atoms with E-state index < -0.39 is 6.03 Å². The van der Waals surface area contributed by atoms with Gasteiger partial charge >= 0.3 is 6.03 Å². The summed E-state index contributed by atoms with van der Waals surface area (Å²) in [7, 11) is 0. The zero-order chi connectivity index (χ0) is 16.8. The summed E-state index contributed by atoms with van der Waals surface area (Å²) < 4.78 is 0. The number of nitrogens with two attached hydrogens (primary N) is 1. The number of carbonyl (C=O) groups excluding carboxylic acids is 2. The first kappa shape index (κ1) is 16.9. The number of carbonyl (C=O) groups is 2. The lowest BCUT2D eigenvalue weighted by Crippen LogP contribution is -2.23. The van der Waals surface area contributed by atoms with Crippen molar-refractivity contribution >= 4 is 29.4 Å². The van der Waals surface area contributed by atoms with Gasteiger partial charge < -0.3 is 16.4 Å². The Bertz CT molecular complexity index is 714. The molecule has 0 aliphatic carbocycles. The van der Waals surface area contributed by atoms with Gasteiger partial charge in [0.15, 0.2) is 0 Å². The van der Waals surface area contributed by atoms with Crippen molar-refractivity contribution in [3.05, 3.63) is 59.2 Å². The molecular formula is C17H19N3O2S. The molecule has 0 heterocycles.